The third-order valence-electron chi connectivity index (χ3n) is 7.70. The van der Waals surface area contributed by atoms with E-state index in [4.69, 9.17) is 4.74 Å². The highest BCUT2D eigenvalue weighted by atomic mass is 16.5. The monoisotopic (exact) mass is 286 g/mol. The first kappa shape index (κ1) is 14.1. The summed E-state index contributed by atoms with van der Waals surface area (Å²) in [5.41, 5.74) is 2.65. The molecule has 1 heteroatoms. The van der Waals surface area contributed by atoms with Crippen LogP contribution in [0.5, 0.6) is 0 Å². The molecule has 1 nitrogen and oxygen atoms in total. The van der Waals surface area contributed by atoms with Crippen LogP contribution < -0.4 is 0 Å². The lowest BCUT2D eigenvalue weighted by molar-refractivity contribution is -0.00655. The van der Waals surface area contributed by atoms with E-state index in [1.807, 2.05) is 7.11 Å². The van der Waals surface area contributed by atoms with Gasteiger partial charge in [0, 0.05) is 12.5 Å². The Kier molecular flexibility index (Phi) is 3.16. The molecule has 0 aromatic rings. The summed E-state index contributed by atoms with van der Waals surface area (Å²) in [6.07, 6.45) is 17.5. The molecule has 6 atom stereocenters. The van der Waals surface area contributed by atoms with Crippen molar-refractivity contribution in [2.24, 2.45) is 28.6 Å². The SMILES string of the molecule is COC1C=C[C@@]2(C)C(=CC[C@H]3[C@@H]4CCC[C@@]4(C)CC[C@@H]32)C1. The molecule has 0 saturated heterocycles. The van der Waals surface area contributed by atoms with Crippen LogP contribution in [0.3, 0.4) is 0 Å². The molecular weight excluding hydrogens is 256 g/mol. The van der Waals surface area contributed by atoms with Crippen LogP contribution in [-0.4, -0.2) is 13.2 Å². The van der Waals surface area contributed by atoms with Crippen molar-refractivity contribution in [2.75, 3.05) is 7.11 Å². The van der Waals surface area contributed by atoms with Crippen LogP contribution >= 0.6 is 0 Å². The Morgan fingerprint density at radius 2 is 2.00 bits per heavy atom. The first-order valence-electron chi connectivity index (χ1n) is 8.98. The molecule has 0 N–H and O–H groups in total. The fourth-order valence-corrected chi connectivity index (χ4v) is 6.38. The van der Waals surface area contributed by atoms with Gasteiger partial charge in [-0.15, -0.1) is 0 Å². The van der Waals surface area contributed by atoms with Crippen LogP contribution in [0.15, 0.2) is 23.8 Å². The van der Waals surface area contributed by atoms with Gasteiger partial charge in [-0.3, -0.25) is 0 Å². The highest BCUT2D eigenvalue weighted by Gasteiger charge is 2.54. The zero-order valence-corrected chi connectivity index (χ0v) is 13.9. The second-order valence-electron chi connectivity index (χ2n) is 8.55. The number of ether oxygens (including phenoxy) is 1. The molecule has 4 rings (SSSR count). The second kappa shape index (κ2) is 4.72. The van der Waals surface area contributed by atoms with Gasteiger partial charge < -0.3 is 4.74 Å². The van der Waals surface area contributed by atoms with Crippen molar-refractivity contribution in [3.05, 3.63) is 23.8 Å². The number of allylic oxidation sites excluding steroid dienone is 2. The molecule has 0 bridgehead atoms. The minimum atomic E-state index is 0.307. The van der Waals surface area contributed by atoms with Crippen LogP contribution in [0.2, 0.25) is 0 Å². The quantitative estimate of drug-likeness (QED) is 0.607. The van der Waals surface area contributed by atoms with Crippen LogP contribution in [-0.2, 0) is 4.74 Å². The lowest BCUT2D eigenvalue weighted by Gasteiger charge is -2.55. The van der Waals surface area contributed by atoms with E-state index < -0.39 is 0 Å². The maximum absolute atomic E-state index is 5.58. The largest absolute Gasteiger partial charge is 0.377 e. The van der Waals surface area contributed by atoms with E-state index in [0.717, 1.165) is 24.2 Å². The standard InChI is InChI=1S/C20H30O/c1-19-10-4-5-17(19)16-7-6-14-13-15(21-3)8-12-20(14,2)18(16)9-11-19/h6,8,12,15-18H,4-5,7,9-11,13H2,1-3H3/t15?,16-,17-,18-,19-,20-/m0/s1. The van der Waals surface area contributed by atoms with Crippen LogP contribution in [0.1, 0.15) is 58.8 Å². The van der Waals surface area contributed by atoms with Gasteiger partial charge in [-0.25, -0.2) is 0 Å². The average Bonchev–Trinajstić information content (AvgIpc) is 2.88. The zero-order chi connectivity index (χ0) is 14.7. The first-order valence-corrected chi connectivity index (χ1v) is 8.98. The topological polar surface area (TPSA) is 9.23 Å². The average molecular weight is 286 g/mol. The van der Waals surface area contributed by atoms with Crippen molar-refractivity contribution < 1.29 is 4.74 Å². The molecule has 0 spiro atoms. The van der Waals surface area contributed by atoms with Gasteiger partial charge in [-0.05, 0) is 61.7 Å². The highest BCUT2D eigenvalue weighted by molar-refractivity contribution is 5.32. The third-order valence-corrected chi connectivity index (χ3v) is 7.70. The predicted octanol–water partition coefficient (Wildman–Crippen LogP) is 5.13. The summed E-state index contributed by atoms with van der Waals surface area (Å²) in [5, 5.41) is 0. The Hall–Kier alpha value is -0.560. The predicted molar refractivity (Wildman–Crippen MR) is 87.0 cm³/mol. The molecule has 0 aromatic carbocycles. The van der Waals surface area contributed by atoms with Gasteiger partial charge in [0.25, 0.3) is 0 Å². The van der Waals surface area contributed by atoms with Gasteiger partial charge in [0.15, 0.2) is 0 Å². The Bertz CT molecular complexity index is 490. The van der Waals surface area contributed by atoms with Crippen LogP contribution in [0, 0.1) is 28.6 Å². The van der Waals surface area contributed by atoms with E-state index in [-0.39, 0.29) is 0 Å². The van der Waals surface area contributed by atoms with Crippen LogP contribution in [0.25, 0.3) is 0 Å². The lowest BCUT2D eigenvalue weighted by atomic mass is 9.49. The van der Waals surface area contributed by atoms with Gasteiger partial charge in [0.2, 0.25) is 0 Å². The fraction of sp³-hybridized carbons (Fsp3) is 0.800. The van der Waals surface area contributed by atoms with E-state index in [9.17, 15) is 0 Å². The number of fused-ring (bicyclic) bond motifs is 5. The normalized spacial score (nSPS) is 51.9. The molecular formula is C20H30O. The molecule has 0 aliphatic heterocycles. The van der Waals surface area contributed by atoms with E-state index in [2.05, 4.69) is 32.1 Å². The minimum Gasteiger partial charge on any atom is -0.377 e. The van der Waals surface area contributed by atoms with Crippen molar-refractivity contribution in [1.82, 2.24) is 0 Å². The molecule has 4 aliphatic carbocycles. The summed E-state index contributed by atoms with van der Waals surface area (Å²) < 4.78 is 5.58. The van der Waals surface area contributed by atoms with Crippen molar-refractivity contribution in [1.29, 1.82) is 0 Å². The summed E-state index contributed by atoms with van der Waals surface area (Å²) in [4.78, 5) is 0. The minimum absolute atomic E-state index is 0.307. The second-order valence-corrected chi connectivity index (χ2v) is 8.55. The molecule has 0 radical (unpaired) electrons. The van der Waals surface area contributed by atoms with Crippen molar-refractivity contribution in [3.63, 3.8) is 0 Å². The van der Waals surface area contributed by atoms with Crippen molar-refractivity contribution >= 4 is 0 Å². The van der Waals surface area contributed by atoms with Gasteiger partial charge in [0.1, 0.15) is 0 Å². The molecule has 1 unspecified atom stereocenters. The Balaban J connectivity index is 1.68. The van der Waals surface area contributed by atoms with Crippen molar-refractivity contribution in [3.8, 4) is 0 Å². The van der Waals surface area contributed by atoms with Gasteiger partial charge in [0.05, 0.1) is 6.10 Å². The number of hydrogen-bond acceptors (Lipinski definition) is 1. The lowest BCUT2D eigenvalue weighted by Crippen LogP contribution is -2.48. The Morgan fingerprint density at radius 1 is 1.14 bits per heavy atom. The zero-order valence-electron chi connectivity index (χ0n) is 13.9. The summed E-state index contributed by atoms with van der Waals surface area (Å²) >= 11 is 0. The van der Waals surface area contributed by atoms with Crippen LogP contribution in [0.4, 0.5) is 0 Å². The maximum atomic E-state index is 5.58. The van der Waals surface area contributed by atoms with E-state index >= 15 is 0 Å². The molecule has 0 aromatic heterocycles. The molecule has 116 valence electrons. The molecule has 2 saturated carbocycles. The van der Waals surface area contributed by atoms with E-state index in [1.54, 1.807) is 5.57 Å². The molecule has 4 aliphatic rings. The number of hydrogen-bond donors (Lipinski definition) is 0. The number of methoxy groups -OCH3 is 1. The van der Waals surface area contributed by atoms with Gasteiger partial charge >= 0.3 is 0 Å². The fourth-order valence-electron chi connectivity index (χ4n) is 6.38. The molecule has 0 heterocycles. The molecule has 21 heavy (non-hydrogen) atoms. The Morgan fingerprint density at radius 3 is 2.81 bits per heavy atom. The van der Waals surface area contributed by atoms with Gasteiger partial charge in [-0.1, -0.05) is 44.1 Å². The third kappa shape index (κ3) is 1.92. The molecule has 0 amide bonds. The summed E-state index contributed by atoms with van der Waals surface area (Å²) in [7, 11) is 1.84. The van der Waals surface area contributed by atoms with Crippen molar-refractivity contribution in [2.45, 2.75) is 64.9 Å². The highest BCUT2D eigenvalue weighted by Crippen LogP contribution is 2.63. The summed E-state index contributed by atoms with van der Waals surface area (Å²) in [5.74, 6) is 2.80. The van der Waals surface area contributed by atoms with E-state index in [1.165, 1.54) is 38.5 Å². The summed E-state index contributed by atoms with van der Waals surface area (Å²) in [6, 6.07) is 0. The van der Waals surface area contributed by atoms with Gasteiger partial charge in [-0.2, -0.15) is 0 Å². The Labute approximate surface area is 129 Å². The maximum Gasteiger partial charge on any atom is 0.0789 e. The number of rotatable bonds is 1. The summed E-state index contributed by atoms with van der Waals surface area (Å²) in [6.45, 7) is 5.09. The van der Waals surface area contributed by atoms with E-state index in [0.29, 0.717) is 16.9 Å². The smallest absolute Gasteiger partial charge is 0.0789 e. The molecule has 2 fully saturated rings. The first-order chi connectivity index (χ1) is 10.1.